The maximum Gasteiger partial charge on any atom is 0.416 e. The summed E-state index contributed by atoms with van der Waals surface area (Å²) in [4.78, 5) is 54.3. The fourth-order valence-electron chi connectivity index (χ4n) is 5.15. The van der Waals surface area contributed by atoms with Crippen LogP contribution in [0.5, 0.6) is 0 Å². The molecule has 1 saturated heterocycles. The molecule has 210 valence electrons. The Balaban J connectivity index is 1.39. The van der Waals surface area contributed by atoms with Crippen LogP contribution in [0.4, 0.5) is 24.5 Å². The number of hydrogen-bond donors (Lipinski definition) is 1. The molecule has 3 atom stereocenters. The average Bonchev–Trinajstić information content (AvgIpc) is 3.62. The molecule has 1 N–H and O–H groups in total. The van der Waals surface area contributed by atoms with E-state index in [4.69, 9.17) is 4.42 Å². The van der Waals surface area contributed by atoms with Gasteiger partial charge in [-0.25, -0.2) is 4.90 Å². The van der Waals surface area contributed by atoms with Gasteiger partial charge in [-0.05, 0) is 48.9 Å². The molecule has 0 radical (unpaired) electrons. The van der Waals surface area contributed by atoms with E-state index in [-0.39, 0.29) is 12.2 Å². The van der Waals surface area contributed by atoms with Gasteiger partial charge in [0.25, 0.3) is 0 Å². The third-order valence-corrected chi connectivity index (χ3v) is 9.66. The molecule has 0 spiro atoms. The molecule has 41 heavy (non-hydrogen) atoms. The van der Waals surface area contributed by atoms with Crippen LogP contribution in [0.15, 0.2) is 81.2 Å². The lowest BCUT2D eigenvalue weighted by molar-refractivity contribution is -0.137. The Morgan fingerprint density at radius 1 is 1.02 bits per heavy atom. The van der Waals surface area contributed by atoms with Gasteiger partial charge in [0.15, 0.2) is 0 Å². The number of carbonyl (C=O) groups excluding carboxylic acids is 3. The predicted molar refractivity (Wildman–Crippen MR) is 146 cm³/mol. The average molecular weight is 600 g/mol. The van der Waals surface area contributed by atoms with E-state index in [2.05, 4.69) is 5.32 Å². The molecular weight excluding hydrogens is 579 g/mol. The van der Waals surface area contributed by atoms with Crippen molar-refractivity contribution in [1.82, 2.24) is 4.57 Å². The number of fused-ring (bicyclic) bond motifs is 2. The molecule has 2 unspecified atom stereocenters. The van der Waals surface area contributed by atoms with Crippen molar-refractivity contribution in [1.29, 1.82) is 0 Å². The Morgan fingerprint density at radius 2 is 1.80 bits per heavy atom. The number of imide groups is 1. The topological polar surface area (TPSA) is 102 Å². The lowest BCUT2D eigenvalue weighted by Gasteiger charge is -2.29. The van der Waals surface area contributed by atoms with Crippen LogP contribution < -0.4 is 15.1 Å². The van der Waals surface area contributed by atoms with Gasteiger partial charge in [0, 0.05) is 5.69 Å². The maximum absolute atomic E-state index is 13.8. The minimum absolute atomic E-state index is 0.193. The molecule has 1 fully saturated rings. The summed E-state index contributed by atoms with van der Waals surface area (Å²) in [6, 6.07) is 14.4. The van der Waals surface area contributed by atoms with Crippen molar-refractivity contribution in [2.75, 3.05) is 10.2 Å². The molecule has 0 aliphatic carbocycles. The third-order valence-electron chi connectivity index (χ3n) is 7.05. The molecule has 0 bridgehead atoms. The number of furan rings is 1. The van der Waals surface area contributed by atoms with Crippen molar-refractivity contribution in [3.8, 4) is 0 Å². The zero-order valence-corrected chi connectivity index (χ0v) is 22.8. The zero-order valence-electron chi connectivity index (χ0n) is 21.2. The molecule has 8 nitrogen and oxygen atoms in total. The number of thioether (sulfide) groups is 1. The van der Waals surface area contributed by atoms with E-state index >= 15 is 0 Å². The second-order valence-electron chi connectivity index (χ2n) is 9.60. The highest BCUT2D eigenvalue weighted by Crippen LogP contribution is 2.54. The second kappa shape index (κ2) is 10.1. The van der Waals surface area contributed by atoms with Crippen LogP contribution in [0.1, 0.15) is 27.7 Å². The van der Waals surface area contributed by atoms with Crippen molar-refractivity contribution in [3.63, 3.8) is 0 Å². The number of benzene rings is 2. The molecule has 2 aromatic heterocycles. The van der Waals surface area contributed by atoms with Crippen molar-refractivity contribution < 1.29 is 32.0 Å². The van der Waals surface area contributed by atoms with Crippen LogP contribution in [0.3, 0.4) is 0 Å². The van der Waals surface area contributed by atoms with E-state index in [0.29, 0.717) is 21.4 Å². The van der Waals surface area contributed by atoms with Crippen LogP contribution in [-0.2, 0) is 27.1 Å². The van der Waals surface area contributed by atoms with Crippen molar-refractivity contribution in [2.24, 2.45) is 5.92 Å². The number of nitrogens with zero attached hydrogens (tertiary/aromatic N) is 2. The first-order valence-electron chi connectivity index (χ1n) is 12.4. The SMILES string of the molecule is Cc1ccccc1NC(=O)Cn1c2c(sc1=O)[C@H](c1ccco1)C1C(=O)N(c3cccc(C(F)(F)F)c3)C(=O)C1S2. The van der Waals surface area contributed by atoms with Gasteiger partial charge < -0.3 is 9.73 Å². The molecular formula is C28H20F3N3O5S2. The Hall–Kier alpha value is -4.10. The van der Waals surface area contributed by atoms with Gasteiger partial charge in [0.2, 0.25) is 17.7 Å². The number of hydrogen-bond acceptors (Lipinski definition) is 7. The van der Waals surface area contributed by atoms with Crippen LogP contribution in [0.25, 0.3) is 0 Å². The fourth-order valence-corrected chi connectivity index (χ4v) is 7.91. The van der Waals surface area contributed by atoms with E-state index in [1.165, 1.54) is 16.9 Å². The lowest BCUT2D eigenvalue weighted by Crippen LogP contribution is -2.32. The summed E-state index contributed by atoms with van der Waals surface area (Å²) in [7, 11) is 0. The molecule has 4 aromatic rings. The first-order valence-corrected chi connectivity index (χ1v) is 14.1. The third kappa shape index (κ3) is 4.68. The molecule has 4 heterocycles. The second-order valence-corrected chi connectivity index (χ2v) is 11.7. The first-order chi connectivity index (χ1) is 19.5. The minimum atomic E-state index is -4.67. The summed E-state index contributed by atoms with van der Waals surface area (Å²) in [5, 5.41) is 2.07. The highest BCUT2D eigenvalue weighted by atomic mass is 32.2. The Bertz CT molecular complexity index is 1740. The standard InChI is InChI=1S/C28H20F3N3O5S2/c1-14-6-2-3-9-17(14)32-19(35)13-33-26-23(41-27(33)38)20(18-10-5-11-39-18)21-22(40-26)25(37)34(24(21)36)16-8-4-7-15(12-16)28(29,30)31/h2-12,20-22H,13H2,1H3,(H,32,35)/t20-,21?,22?/m1/s1. The molecule has 6 rings (SSSR count). The zero-order chi connectivity index (χ0) is 29.1. The largest absolute Gasteiger partial charge is 0.469 e. The molecule has 13 heteroatoms. The molecule has 2 aromatic carbocycles. The van der Waals surface area contributed by atoms with Gasteiger partial charge in [-0.2, -0.15) is 13.2 Å². The normalized spacial score (nSPS) is 20.2. The molecule has 3 amide bonds. The summed E-state index contributed by atoms with van der Waals surface area (Å²) in [5.41, 5.74) is 0.235. The number of carbonyl (C=O) groups is 3. The van der Waals surface area contributed by atoms with E-state index in [0.717, 1.165) is 51.8 Å². The Labute approximate surface area is 238 Å². The monoisotopic (exact) mass is 599 g/mol. The summed E-state index contributed by atoms with van der Waals surface area (Å²) >= 11 is 1.81. The van der Waals surface area contributed by atoms with Crippen LogP contribution in [0, 0.1) is 12.8 Å². The van der Waals surface area contributed by atoms with E-state index in [9.17, 15) is 32.3 Å². The number of aryl methyl sites for hydroxylation is 1. The van der Waals surface area contributed by atoms with Crippen molar-refractivity contribution in [2.45, 2.75) is 35.8 Å². The highest BCUT2D eigenvalue weighted by Gasteiger charge is 2.57. The van der Waals surface area contributed by atoms with Gasteiger partial charge in [-0.1, -0.05) is 47.4 Å². The number of para-hydroxylation sites is 1. The number of amides is 3. The number of halogens is 3. The maximum atomic E-state index is 13.8. The van der Waals surface area contributed by atoms with Gasteiger partial charge in [-0.3, -0.25) is 23.7 Å². The summed E-state index contributed by atoms with van der Waals surface area (Å²) in [5.74, 6) is -3.42. The number of rotatable bonds is 5. The lowest BCUT2D eigenvalue weighted by atomic mass is 9.87. The molecule has 2 aliphatic rings. The van der Waals surface area contributed by atoms with Gasteiger partial charge in [0.1, 0.15) is 17.6 Å². The van der Waals surface area contributed by atoms with E-state index in [1.807, 2.05) is 19.1 Å². The molecule has 0 saturated carbocycles. The van der Waals surface area contributed by atoms with Crippen molar-refractivity contribution in [3.05, 3.63) is 98.4 Å². The van der Waals surface area contributed by atoms with Crippen LogP contribution >= 0.6 is 23.1 Å². The van der Waals surface area contributed by atoms with Gasteiger partial charge in [0.05, 0.1) is 39.3 Å². The highest BCUT2D eigenvalue weighted by molar-refractivity contribution is 8.00. The smallest absolute Gasteiger partial charge is 0.416 e. The predicted octanol–water partition coefficient (Wildman–Crippen LogP) is 5.26. The van der Waals surface area contributed by atoms with Crippen molar-refractivity contribution >= 4 is 52.2 Å². The number of aromatic nitrogens is 1. The number of anilines is 2. The minimum Gasteiger partial charge on any atom is -0.469 e. The first kappa shape index (κ1) is 27.1. The molecule has 2 aliphatic heterocycles. The van der Waals surface area contributed by atoms with E-state index < -0.39 is 51.4 Å². The van der Waals surface area contributed by atoms with Gasteiger partial charge >= 0.3 is 11.0 Å². The quantitative estimate of drug-likeness (QED) is 0.314. The Kier molecular flexibility index (Phi) is 6.65. The summed E-state index contributed by atoms with van der Waals surface area (Å²) in [6.45, 7) is 1.49. The fraction of sp³-hybridized carbons (Fsp3) is 0.214. The van der Waals surface area contributed by atoms with Crippen LogP contribution in [-0.4, -0.2) is 27.5 Å². The number of thiazole rings is 1. The number of alkyl halides is 3. The van der Waals surface area contributed by atoms with Gasteiger partial charge in [-0.15, -0.1) is 0 Å². The summed E-state index contributed by atoms with van der Waals surface area (Å²) < 4.78 is 47.1. The number of nitrogens with one attached hydrogen (secondary N) is 1. The van der Waals surface area contributed by atoms with Crippen LogP contribution in [0.2, 0.25) is 0 Å². The summed E-state index contributed by atoms with van der Waals surface area (Å²) in [6.07, 6.45) is -3.27. The Morgan fingerprint density at radius 3 is 2.51 bits per heavy atom. The van der Waals surface area contributed by atoms with E-state index in [1.54, 1.807) is 24.3 Å².